The predicted octanol–water partition coefficient (Wildman–Crippen LogP) is 2.05. The summed E-state index contributed by atoms with van der Waals surface area (Å²) in [5, 5.41) is 20.4. The van der Waals surface area contributed by atoms with Gasteiger partial charge in [-0.25, -0.2) is 0 Å². The molecular weight excluding hydrogens is 266 g/mol. The van der Waals surface area contributed by atoms with Gasteiger partial charge in [0.1, 0.15) is 24.0 Å². The molecule has 0 atom stereocenters. The molecule has 0 unspecified atom stereocenters. The maximum Gasteiger partial charge on any atom is 0.171 e. The number of aryl methyl sites for hydroxylation is 1. The van der Waals surface area contributed by atoms with Crippen LogP contribution in [0.1, 0.15) is 16.8 Å². The fourth-order valence-corrected chi connectivity index (χ4v) is 1.78. The Morgan fingerprint density at radius 2 is 1.95 bits per heavy atom. The first kappa shape index (κ1) is 14.8. The van der Waals surface area contributed by atoms with Crippen LogP contribution in [0.3, 0.4) is 0 Å². The molecule has 0 aliphatic heterocycles. The maximum absolute atomic E-state index is 9.25. The molecule has 1 heterocycles. The minimum Gasteiger partial charge on any atom is -0.492 e. The number of hydrogen-bond donors (Lipinski definition) is 2. The van der Waals surface area contributed by atoms with E-state index in [4.69, 9.17) is 10.5 Å². The van der Waals surface area contributed by atoms with Gasteiger partial charge in [-0.2, -0.15) is 10.4 Å². The van der Waals surface area contributed by atoms with Gasteiger partial charge < -0.3 is 15.8 Å². The zero-order chi connectivity index (χ0) is 15.2. The highest BCUT2D eigenvalue weighted by Gasteiger charge is 2.10. The predicted molar refractivity (Wildman–Crippen MR) is 80.5 cm³/mol. The summed E-state index contributed by atoms with van der Waals surface area (Å²) in [6, 6.07) is 9.53. The molecule has 6 heteroatoms. The largest absolute Gasteiger partial charge is 0.492 e. The molecule has 2 rings (SSSR count). The second-order valence-corrected chi connectivity index (χ2v) is 4.53. The molecule has 0 saturated heterocycles. The average molecular weight is 283 g/mol. The van der Waals surface area contributed by atoms with Gasteiger partial charge in [0.25, 0.3) is 0 Å². The van der Waals surface area contributed by atoms with Crippen LogP contribution in [0.25, 0.3) is 0 Å². The fourth-order valence-electron chi connectivity index (χ4n) is 1.78. The van der Waals surface area contributed by atoms with Crippen LogP contribution in [0.2, 0.25) is 0 Å². The number of ether oxygens (including phenoxy) is 1. The lowest BCUT2D eigenvalue weighted by Crippen LogP contribution is -2.10. The Morgan fingerprint density at radius 3 is 2.57 bits per heavy atom. The first-order valence-corrected chi connectivity index (χ1v) is 6.59. The molecule has 21 heavy (non-hydrogen) atoms. The van der Waals surface area contributed by atoms with Crippen molar-refractivity contribution in [3.8, 4) is 11.8 Å². The van der Waals surface area contributed by atoms with Crippen molar-refractivity contribution < 1.29 is 4.74 Å². The van der Waals surface area contributed by atoms with Crippen molar-refractivity contribution in [1.82, 2.24) is 10.2 Å². The number of aromatic nitrogens is 2. The Labute approximate surface area is 123 Å². The van der Waals surface area contributed by atoms with Crippen molar-refractivity contribution in [2.75, 3.05) is 18.5 Å². The van der Waals surface area contributed by atoms with Gasteiger partial charge in [-0.05, 0) is 43.7 Å². The van der Waals surface area contributed by atoms with Gasteiger partial charge in [-0.3, -0.25) is 0 Å². The van der Waals surface area contributed by atoms with Crippen molar-refractivity contribution >= 4 is 11.5 Å². The molecule has 0 saturated carbocycles. The fraction of sp³-hybridized carbons (Fsp3) is 0.267. The SMILES string of the molecule is Cc1nnc(Nc2ccc(OCCN)cc2)c(C#N)c1C. The van der Waals surface area contributed by atoms with E-state index in [1.807, 2.05) is 38.1 Å². The Hall–Kier alpha value is -2.65. The van der Waals surface area contributed by atoms with E-state index in [-0.39, 0.29) is 0 Å². The number of nitrogens with one attached hydrogen (secondary N) is 1. The zero-order valence-electron chi connectivity index (χ0n) is 12.1. The van der Waals surface area contributed by atoms with E-state index in [1.165, 1.54) is 0 Å². The molecule has 1 aromatic carbocycles. The number of nitrogens with two attached hydrogens (primary N) is 1. The number of benzene rings is 1. The number of rotatable bonds is 5. The lowest BCUT2D eigenvalue weighted by Gasteiger charge is -2.10. The zero-order valence-corrected chi connectivity index (χ0v) is 12.1. The highest BCUT2D eigenvalue weighted by molar-refractivity contribution is 5.64. The Morgan fingerprint density at radius 1 is 1.24 bits per heavy atom. The van der Waals surface area contributed by atoms with Crippen molar-refractivity contribution in [3.05, 3.63) is 41.1 Å². The molecule has 108 valence electrons. The summed E-state index contributed by atoms with van der Waals surface area (Å²) in [5.41, 5.74) is 8.28. The second kappa shape index (κ2) is 6.68. The monoisotopic (exact) mass is 283 g/mol. The van der Waals surface area contributed by atoms with E-state index in [1.54, 1.807) is 0 Å². The Balaban J connectivity index is 2.19. The normalized spacial score (nSPS) is 10.0. The van der Waals surface area contributed by atoms with Crippen LogP contribution < -0.4 is 15.8 Å². The van der Waals surface area contributed by atoms with E-state index >= 15 is 0 Å². The molecule has 0 amide bonds. The van der Waals surface area contributed by atoms with Gasteiger partial charge in [-0.15, -0.1) is 5.10 Å². The lowest BCUT2D eigenvalue weighted by atomic mass is 10.1. The number of anilines is 2. The molecule has 0 spiro atoms. The number of nitrogens with zero attached hydrogens (tertiary/aromatic N) is 3. The van der Waals surface area contributed by atoms with Crippen LogP contribution in [0.5, 0.6) is 5.75 Å². The number of nitriles is 1. The van der Waals surface area contributed by atoms with Crippen LogP contribution in [-0.2, 0) is 0 Å². The minimum absolute atomic E-state index is 0.455. The molecule has 1 aromatic heterocycles. The van der Waals surface area contributed by atoms with Gasteiger partial charge in [-0.1, -0.05) is 0 Å². The summed E-state index contributed by atoms with van der Waals surface area (Å²) in [5.74, 6) is 1.20. The first-order chi connectivity index (χ1) is 10.2. The van der Waals surface area contributed by atoms with Crippen LogP contribution in [0.4, 0.5) is 11.5 Å². The van der Waals surface area contributed by atoms with Crippen molar-refractivity contribution in [2.24, 2.45) is 5.73 Å². The summed E-state index contributed by atoms with van der Waals surface area (Å²) in [6.45, 7) is 4.64. The summed E-state index contributed by atoms with van der Waals surface area (Å²) in [7, 11) is 0. The van der Waals surface area contributed by atoms with E-state index in [0.717, 1.165) is 22.7 Å². The van der Waals surface area contributed by atoms with Gasteiger partial charge in [0.15, 0.2) is 5.82 Å². The van der Waals surface area contributed by atoms with Crippen LogP contribution in [0.15, 0.2) is 24.3 Å². The van der Waals surface area contributed by atoms with Crippen molar-refractivity contribution in [2.45, 2.75) is 13.8 Å². The van der Waals surface area contributed by atoms with E-state index in [9.17, 15) is 5.26 Å². The molecular formula is C15H17N5O. The highest BCUT2D eigenvalue weighted by Crippen LogP contribution is 2.23. The first-order valence-electron chi connectivity index (χ1n) is 6.59. The van der Waals surface area contributed by atoms with Gasteiger partial charge in [0.2, 0.25) is 0 Å². The van der Waals surface area contributed by atoms with Crippen molar-refractivity contribution in [3.63, 3.8) is 0 Å². The summed E-state index contributed by atoms with van der Waals surface area (Å²) < 4.78 is 5.41. The molecule has 0 radical (unpaired) electrons. The van der Waals surface area contributed by atoms with Gasteiger partial charge in [0, 0.05) is 12.2 Å². The molecule has 3 N–H and O–H groups in total. The van der Waals surface area contributed by atoms with Crippen LogP contribution in [0, 0.1) is 25.2 Å². The summed E-state index contributed by atoms with van der Waals surface area (Å²) in [4.78, 5) is 0. The van der Waals surface area contributed by atoms with E-state index in [0.29, 0.717) is 24.5 Å². The highest BCUT2D eigenvalue weighted by atomic mass is 16.5. The van der Waals surface area contributed by atoms with Gasteiger partial charge >= 0.3 is 0 Å². The molecule has 0 bridgehead atoms. The van der Waals surface area contributed by atoms with Gasteiger partial charge in [0.05, 0.1) is 5.69 Å². The second-order valence-electron chi connectivity index (χ2n) is 4.53. The topological polar surface area (TPSA) is 96.8 Å². The molecule has 0 fully saturated rings. The smallest absolute Gasteiger partial charge is 0.171 e. The summed E-state index contributed by atoms with van der Waals surface area (Å²) in [6.07, 6.45) is 0. The lowest BCUT2D eigenvalue weighted by molar-refractivity contribution is 0.328. The van der Waals surface area contributed by atoms with E-state index in [2.05, 4.69) is 21.6 Å². The third-order valence-electron chi connectivity index (χ3n) is 3.07. The third-order valence-corrected chi connectivity index (χ3v) is 3.07. The maximum atomic E-state index is 9.25. The molecule has 6 nitrogen and oxygen atoms in total. The Kier molecular flexibility index (Phi) is 4.69. The number of hydrogen-bond acceptors (Lipinski definition) is 6. The van der Waals surface area contributed by atoms with Crippen LogP contribution >= 0.6 is 0 Å². The molecule has 0 aliphatic carbocycles. The third kappa shape index (κ3) is 3.46. The summed E-state index contributed by atoms with van der Waals surface area (Å²) >= 11 is 0. The minimum atomic E-state index is 0.455. The van der Waals surface area contributed by atoms with E-state index < -0.39 is 0 Å². The quantitative estimate of drug-likeness (QED) is 0.871. The average Bonchev–Trinajstić information content (AvgIpc) is 2.50. The standard InChI is InChI=1S/C15H17N5O/c1-10-11(2)19-20-15(14(10)9-17)18-12-3-5-13(6-4-12)21-8-7-16/h3-6H,7-8,16H2,1-2H3,(H,18,20). The molecule has 2 aromatic rings. The Bertz CT molecular complexity index is 661. The molecule has 0 aliphatic rings. The van der Waals surface area contributed by atoms with Crippen molar-refractivity contribution in [1.29, 1.82) is 5.26 Å². The van der Waals surface area contributed by atoms with Crippen LogP contribution in [-0.4, -0.2) is 23.3 Å².